The molecule has 3 nitrogen and oxygen atoms in total. The fraction of sp³-hybridized carbons (Fsp3) is 0.471. The molecule has 1 aromatic carbocycles. The third-order valence-electron chi connectivity index (χ3n) is 5.34. The average molecular weight is 336 g/mol. The standard InChI is InChI=1S/C17H18ClNO2S/c18-15-12-5-1-2-6-13(12)22-14(15)9-19-8-11-4-3-7-17(11,10-19)16(20)21/h1-2,5-6,11H,3-4,7-10H2,(H,20,21)/t11-,17+/m0/s1. The number of halogens is 1. The number of aliphatic carboxylic acids is 1. The van der Waals surface area contributed by atoms with Gasteiger partial charge >= 0.3 is 5.97 Å². The number of hydrogen-bond acceptors (Lipinski definition) is 3. The molecule has 116 valence electrons. The molecule has 1 aromatic heterocycles. The lowest BCUT2D eigenvalue weighted by Gasteiger charge is -2.23. The van der Waals surface area contributed by atoms with Gasteiger partial charge in [-0.05, 0) is 24.8 Å². The van der Waals surface area contributed by atoms with Crippen molar-refractivity contribution >= 4 is 39.0 Å². The van der Waals surface area contributed by atoms with Crippen LogP contribution in [-0.2, 0) is 11.3 Å². The molecular weight excluding hydrogens is 318 g/mol. The van der Waals surface area contributed by atoms with E-state index in [1.165, 1.54) is 4.70 Å². The van der Waals surface area contributed by atoms with E-state index in [4.69, 9.17) is 11.6 Å². The quantitative estimate of drug-likeness (QED) is 0.912. The highest BCUT2D eigenvalue weighted by atomic mass is 35.5. The highest BCUT2D eigenvalue weighted by Crippen LogP contribution is 2.49. The molecular formula is C17H18ClNO2S. The first-order valence-corrected chi connectivity index (χ1v) is 8.91. The first kappa shape index (κ1) is 14.5. The lowest BCUT2D eigenvalue weighted by atomic mass is 9.81. The van der Waals surface area contributed by atoms with E-state index in [1.807, 2.05) is 12.1 Å². The molecule has 2 fully saturated rings. The smallest absolute Gasteiger partial charge is 0.311 e. The molecule has 2 aromatic rings. The summed E-state index contributed by atoms with van der Waals surface area (Å²) in [6.45, 7) is 2.32. The highest BCUT2D eigenvalue weighted by molar-refractivity contribution is 7.19. The Kier molecular flexibility index (Phi) is 3.44. The fourth-order valence-corrected chi connectivity index (χ4v) is 5.77. The van der Waals surface area contributed by atoms with Crippen molar-refractivity contribution in [2.24, 2.45) is 11.3 Å². The second-order valence-corrected chi connectivity index (χ2v) is 8.07. The number of fused-ring (bicyclic) bond motifs is 2. The molecule has 0 spiro atoms. The predicted molar refractivity (Wildman–Crippen MR) is 89.5 cm³/mol. The summed E-state index contributed by atoms with van der Waals surface area (Å²) in [7, 11) is 0. The van der Waals surface area contributed by atoms with Gasteiger partial charge in [0, 0.05) is 34.6 Å². The van der Waals surface area contributed by atoms with Crippen LogP contribution in [0.25, 0.3) is 10.1 Å². The van der Waals surface area contributed by atoms with Crippen molar-refractivity contribution in [3.63, 3.8) is 0 Å². The van der Waals surface area contributed by atoms with E-state index >= 15 is 0 Å². The van der Waals surface area contributed by atoms with Crippen molar-refractivity contribution < 1.29 is 9.90 Å². The number of thiophene rings is 1. The van der Waals surface area contributed by atoms with E-state index in [-0.39, 0.29) is 0 Å². The first-order valence-electron chi connectivity index (χ1n) is 7.72. The minimum atomic E-state index is -0.611. The molecule has 1 aliphatic carbocycles. The van der Waals surface area contributed by atoms with Crippen LogP contribution in [0.4, 0.5) is 0 Å². The maximum atomic E-state index is 11.8. The number of carbonyl (C=O) groups is 1. The van der Waals surface area contributed by atoms with Gasteiger partial charge in [-0.15, -0.1) is 11.3 Å². The van der Waals surface area contributed by atoms with Gasteiger partial charge in [-0.1, -0.05) is 36.2 Å². The maximum absolute atomic E-state index is 11.8. The van der Waals surface area contributed by atoms with E-state index in [9.17, 15) is 9.90 Å². The van der Waals surface area contributed by atoms with Crippen LogP contribution in [0.5, 0.6) is 0 Å². The zero-order valence-corrected chi connectivity index (χ0v) is 13.8. The van der Waals surface area contributed by atoms with Gasteiger partial charge in [-0.3, -0.25) is 9.69 Å². The van der Waals surface area contributed by atoms with Gasteiger partial charge in [-0.2, -0.15) is 0 Å². The number of likely N-dealkylation sites (tertiary alicyclic amines) is 1. The van der Waals surface area contributed by atoms with E-state index in [0.29, 0.717) is 12.5 Å². The van der Waals surface area contributed by atoms with Gasteiger partial charge in [0.25, 0.3) is 0 Å². The Morgan fingerprint density at radius 3 is 3.00 bits per heavy atom. The molecule has 0 radical (unpaired) electrons. The Labute approximate surface area is 138 Å². The van der Waals surface area contributed by atoms with Gasteiger partial charge in [0.2, 0.25) is 0 Å². The maximum Gasteiger partial charge on any atom is 0.311 e. The van der Waals surface area contributed by atoms with Crippen molar-refractivity contribution in [2.45, 2.75) is 25.8 Å². The molecule has 2 aliphatic rings. The number of carboxylic acids is 1. The lowest BCUT2D eigenvalue weighted by molar-refractivity contribution is -0.149. The van der Waals surface area contributed by atoms with Crippen LogP contribution >= 0.6 is 22.9 Å². The molecule has 1 saturated heterocycles. The summed E-state index contributed by atoms with van der Waals surface area (Å²) in [5.74, 6) is -0.307. The largest absolute Gasteiger partial charge is 0.481 e. The van der Waals surface area contributed by atoms with Crippen LogP contribution in [0.15, 0.2) is 24.3 Å². The minimum absolute atomic E-state index is 0.304. The normalized spacial score (nSPS) is 28.3. The van der Waals surface area contributed by atoms with Gasteiger partial charge in [0.05, 0.1) is 10.4 Å². The summed E-state index contributed by atoms with van der Waals surface area (Å²) in [5, 5.41) is 11.6. The second-order valence-electron chi connectivity index (χ2n) is 6.56. The summed E-state index contributed by atoms with van der Waals surface area (Å²) in [5.41, 5.74) is -0.511. The molecule has 1 N–H and O–H groups in total. The number of benzene rings is 1. The van der Waals surface area contributed by atoms with E-state index in [0.717, 1.165) is 47.6 Å². The van der Waals surface area contributed by atoms with Crippen LogP contribution in [0, 0.1) is 11.3 Å². The average Bonchev–Trinajstić information content (AvgIpc) is 3.12. The monoisotopic (exact) mass is 335 g/mol. The predicted octanol–water partition coefficient (Wildman–Crippen LogP) is 4.24. The Bertz CT molecular complexity index is 743. The zero-order chi connectivity index (χ0) is 15.3. The van der Waals surface area contributed by atoms with Gasteiger partial charge < -0.3 is 5.11 Å². The number of carboxylic acid groups (broad SMARTS) is 1. The van der Waals surface area contributed by atoms with Gasteiger partial charge in [0.15, 0.2) is 0 Å². The molecule has 22 heavy (non-hydrogen) atoms. The molecule has 0 bridgehead atoms. The molecule has 0 unspecified atom stereocenters. The number of nitrogens with zero attached hydrogens (tertiary/aromatic N) is 1. The summed E-state index contributed by atoms with van der Waals surface area (Å²) in [4.78, 5) is 15.2. The van der Waals surface area contributed by atoms with Crippen molar-refractivity contribution in [3.8, 4) is 0 Å². The third-order valence-corrected chi connectivity index (χ3v) is 7.04. The second kappa shape index (κ2) is 5.22. The molecule has 1 saturated carbocycles. The molecule has 2 heterocycles. The first-order chi connectivity index (χ1) is 10.6. The van der Waals surface area contributed by atoms with Crippen LogP contribution in [-0.4, -0.2) is 29.1 Å². The molecule has 1 aliphatic heterocycles. The van der Waals surface area contributed by atoms with E-state index in [1.54, 1.807) is 11.3 Å². The van der Waals surface area contributed by atoms with Gasteiger partial charge in [0.1, 0.15) is 0 Å². The van der Waals surface area contributed by atoms with Crippen molar-refractivity contribution in [2.75, 3.05) is 13.1 Å². The Morgan fingerprint density at radius 1 is 1.45 bits per heavy atom. The van der Waals surface area contributed by atoms with Crippen molar-refractivity contribution in [1.82, 2.24) is 4.90 Å². The Morgan fingerprint density at radius 2 is 2.27 bits per heavy atom. The summed E-state index contributed by atoms with van der Waals surface area (Å²) in [6, 6.07) is 8.17. The topological polar surface area (TPSA) is 40.5 Å². The molecule has 4 rings (SSSR count). The molecule has 5 heteroatoms. The van der Waals surface area contributed by atoms with Crippen LogP contribution in [0.3, 0.4) is 0 Å². The Balaban J connectivity index is 1.59. The SMILES string of the molecule is O=C(O)[C@@]12CCC[C@H]1CN(Cc1sc3ccccc3c1Cl)C2. The van der Waals surface area contributed by atoms with E-state index in [2.05, 4.69) is 17.0 Å². The van der Waals surface area contributed by atoms with Crippen molar-refractivity contribution in [3.05, 3.63) is 34.2 Å². The summed E-state index contributed by atoms with van der Waals surface area (Å²) < 4.78 is 1.20. The third kappa shape index (κ3) is 2.08. The van der Waals surface area contributed by atoms with Crippen molar-refractivity contribution in [1.29, 1.82) is 0 Å². The molecule has 2 atom stereocenters. The van der Waals surface area contributed by atoms with Gasteiger partial charge in [-0.25, -0.2) is 0 Å². The van der Waals surface area contributed by atoms with Crippen LogP contribution in [0.2, 0.25) is 5.02 Å². The fourth-order valence-electron chi connectivity index (χ4n) is 4.23. The minimum Gasteiger partial charge on any atom is -0.481 e. The van der Waals surface area contributed by atoms with Crippen LogP contribution in [0.1, 0.15) is 24.1 Å². The number of rotatable bonds is 3. The number of hydrogen-bond donors (Lipinski definition) is 1. The lowest BCUT2D eigenvalue weighted by Crippen LogP contribution is -2.35. The highest BCUT2D eigenvalue weighted by Gasteiger charge is 2.54. The van der Waals surface area contributed by atoms with Crippen LogP contribution < -0.4 is 0 Å². The summed E-state index contributed by atoms with van der Waals surface area (Å²) >= 11 is 8.25. The Hall–Kier alpha value is -1.10. The zero-order valence-electron chi connectivity index (χ0n) is 12.2. The summed E-state index contributed by atoms with van der Waals surface area (Å²) in [6.07, 6.45) is 2.92. The van der Waals surface area contributed by atoms with E-state index < -0.39 is 11.4 Å². The molecule has 0 amide bonds.